The van der Waals surface area contributed by atoms with Gasteiger partial charge in [0.25, 0.3) is 0 Å². The molecular formula is C18H25NO2S. The Balaban J connectivity index is 1.70. The number of hydrogen-bond donors (Lipinski definition) is 2. The van der Waals surface area contributed by atoms with Crippen molar-refractivity contribution in [3.63, 3.8) is 0 Å². The maximum atomic E-state index is 9.89. The molecule has 0 saturated heterocycles. The van der Waals surface area contributed by atoms with E-state index < -0.39 is 6.10 Å². The lowest BCUT2D eigenvalue weighted by atomic mass is 10.1. The predicted octanol–water partition coefficient (Wildman–Crippen LogP) is 3.79. The third-order valence-electron chi connectivity index (χ3n) is 3.43. The zero-order chi connectivity index (χ0) is 15.8. The summed E-state index contributed by atoms with van der Waals surface area (Å²) in [5.74, 6) is 1.47. The van der Waals surface area contributed by atoms with E-state index in [4.69, 9.17) is 4.74 Å². The number of nitrogens with one attached hydrogen (secondary N) is 1. The third kappa shape index (κ3) is 5.79. The van der Waals surface area contributed by atoms with E-state index in [1.165, 1.54) is 11.1 Å². The van der Waals surface area contributed by atoms with Gasteiger partial charge in [-0.25, -0.2) is 0 Å². The Hall–Kier alpha value is -1.36. The summed E-state index contributed by atoms with van der Waals surface area (Å²) in [6.45, 7) is 6.21. The molecule has 1 unspecified atom stereocenters. The lowest BCUT2D eigenvalue weighted by molar-refractivity contribution is 0.106. The van der Waals surface area contributed by atoms with E-state index in [1.807, 2.05) is 24.3 Å². The molecule has 0 aliphatic carbocycles. The van der Waals surface area contributed by atoms with Crippen LogP contribution in [0.5, 0.6) is 5.75 Å². The van der Waals surface area contributed by atoms with Crippen molar-refractivity contribution in [1.82, 2.24) is 5.32 Å². The third-order valence-corrected chi connectivity index (χ3v) is 4.11. The second-order valence-corrected chi connectivity index (χ2v) is 6.67. The van der Waals surface area contributed by atoms with E-state index in [0.717, 1.165) is 18.7 Å². The Morgan fingerprint density at radius 3 is 2.55 bits per heavy atom. The summed E-state index contributed by atoms with van der Waals surface area (Å²) in [5.41, 5.74) is 2.41. The molecule has 1 atom stereocenters. The van der Waals surface area contributed by atoms with Crippen LogP contribution >= 0.6 is 11.3 Å². The van der Waals surface area contributed by atoms with Gasteiger partial charge >= 0.3 is 0 Å². The van der Waals surface area contributed by atoms with Crippen molar-refractivity contribution in [3.05, 3.63) is 41.1 Å². The summed E-state index contributed by atoms with van der Waals surface area (Å²) in [4.78, 5) is 0. The van der Waals surface area contributed by atoms with Crippen LogP contribution in [0.2, 0.25) is 0 Å². The van der Waals surface area contributed by atoms with Crippen molar-refractivity contribution in [2.45, 2.75) is 26.4 Å². The van der Waals surface area contributed by atoms with Crippen LogP contribution in [0.3, 0.4) is 0 Å². The molecule has 0 aliphatic rings. The van der Waals surface area contributed by atoms with Gasteiger partial charge in [0.2, 0.25) is 0 Å². The van der Waals surface area contributed by atoms with Crippen molar-refractivity contribution in [3.8, 4) is 16.9 Å². The summed E-state index contributed by atoms with van der Waals surface area (Å²) in [5, 5.41) is 17.3. The molecule has 1 aromatic carbocycles. The number of aliphatic hydroxyl groups is 1. The molecule has 22 heavy (non-hydrogen) atoms. The van der Waals surface area contributed by atoms with Crippen LogP contribution in [0.15, 0.2) is 41.1 Å². The second-order valence-electron chi connectivity index (χ2n) is 5.89. The second kappa shape index (κ2) is 8.93. The standard InChI is InChI=1S/C18H25NO2S/c1-14(2)7-9-19-11-17(20)12-21-18-5-3-15(4-6-18)16-8-10-22-13-16/h3-6,8,10,13-14,17,19-20H,7,9,11-12H2,1-2H3. The first-order valence-electron chi connectivity index (χ1n) is 7.79. The fourth-order valence-corrected chi connectivity index (χ4v) is 2.75. The maximum absolute atomic E-state index is 9.89. The van der Waals surface area contributed by atoms with E-state index >= 15 is 0 Å². The normalized spacial score (nSPS) is 12.5. The summed E-state index contributed by atoms with van der Waals surface area (Å²) >= 11 is 1.69. The fraction of sp³-hybridized carbons (Fsp3) is 0.444. The molecule has 0 fully saturated rings. The van der Waals surface area contributed by atoms with Crippen LogP contribution in [0, 0.1) is 5.92 Å². The van der Waals surface area contributed by atoms with Gasteiger partial charge in [0.05, 0.1) is 0 Å². The Bertz CT molecular complexity index is 523. The summed E-state index contributed by atoms with van der Waals surface area (Å²) in [6.07, 6.45) is 0.640. The van der Waals surface area contributed by atoms with E-state index in [1.54, 1.807) is 11.3 Å². The number of hydrogen-bond acceptors (Lipinski definition) is 4. The van der Waals surface area contributed by atoms with Crippen LogP contribution < -0.4 is 10.1 Å². The van der Waals surface area contributed by atoms with Crippen molar-refractivity contribution in [2.24, 2.45) is 5.92 Å². The van der Waals surface area contributed by atoms with Crippen molar-refractivity contribution < 1.29 is 9.84 Å². The van der Waals surface area contributed by atoms with Crippen LogP contribution in [0.25, 0.3) is 11.1 Å². The zero-order valence-electron chi connectivity index (χ0n) is 13.3. The molecule has 2 rings (SSSR count). The van der Waals surface area contributed by atoms with Gasteiger partial charge in [-0.15, -0.1) is 0 Å². The molecule has 1 heterocycles. The average molecular weight is 319 g/mol. The van der Waals surface area contributed by atoms with Gasteiger partial charge in [-0.05, 0) is 59.0 Å². The lowest BCUT2D eigenvalue weighted by Gasteiger charge is -2.14. The van der Waals surface area contributed by atoms with Crippen LogP contribution in [0.4, 0.5) is 0 Å². The molecule has 0 radical (unpaired) electrons. The topological polar surface area (TPSA) is 41.5 Å². The van der Waals surface area contributed by atoms with Crippen molar-refractivity contribution in [1.29, 1.82) is 0 Å². The lowest BCUT2D eigenvalue weighted by Crippen LogP contribution is -2.32. The van der Waals surface area contributed by atoms with Gasteiger partial charge in [-0.3, -0.25) is 0 Å². The minimum absolute atomic E-state index is 0.312. The molecule has 120 valence electrons. The van der Waals surface area contributed by atoms with Crippen molar-refractivity contribution >= 4 is 11.3 Å². The Kier molecular flexibility index (Phi) is 6.90. The van der Waals surface area contributed by atoms with E-state index in [9.17, 15) is 5.11 Å². The molecule has 0 aliphatic heterocycles. The number of thiophene rings is 1. The molecule has 2 N–H and O–H groups in total. The highest BCUT2D eigenvalue weighted by Crippen LogP contribution is 2.24. The molecule has 1 aromatic heterocycles. The van der Waals surface area contributed by atoms with E-state index in [-0.39, 0.29) is 0 Å². The molecule has 0 bridgehead atoms. The Morgan fingerprint density at radius 1 is 1.14 bits per heavy atom. The molecule has 4 heteroatoms. The molecule has 0 saturated carbocycles. The van der Waals surface area contributed by atoms with Crippen LogP contribution in [0.1, 0.15) is 20.3 Å². The monoisotopic (exact) mass is 319 g/mol. The highest BCUT2D eigenvalue weighted by Gasteiger charge is 2.05. The van der Waals surface area contributed by atoms with E-state index in [0.29, 0.717) is 19.1 Å². The van der Waals surface area contributed by atoms with Gasteiger partial charge in [-0.2, -0.15) is 11.3 Å². The summed E-state index contributed by atoms with van der Waals surface area (Å²) in [6, 6.07) is 10.1. The first kappa shape index (κ1) is 17.0. The minimum Gasteiger partial charge on any atom is -0.491 e. The van der Waals surface area contributed by atoms with Gasteiger partial charge in [0.1, 0.15) is 18.5 Å². The summed E-state index contributed by atoms with van der Waals surface area (Å²) in [7, 11) is 0. The number of rotatable bonds is 9. The van der Waals surface area contributed by atoms with E-state index in [2.05, 4.69) is 36.0 Å². The van der Waals surface area contributed by atoms with Gasteiger partial charge in [0, 0.05) is 6.54 Å². The molecule has 0 spiro atoms. The molecule has 2 aromatic rings. The maximum Gasteiger partial charge on any atom is 0.119 e. The van der Waals surface area contributed by atoms with Crippen LogP contribution in [-0.4, -0.2) is 30.9 Å². The predicted molar refractivity (Wildman–Crippen MR) is 93.6 cm³/mol. The van der Waals surface area contributed by atoms with Crippen molar-refractivity contribution in [2.75, 3.05) is 19.7 Å². The van der Waals surface area contributed by atoms with Gasteiger partial charge < -0.3 is 15.2 Å². The quantitative estimate of drug-likeness (QED) is 0.691. The number of benzene rings is 1. The first-order valence-corrected chi connectivity index (χ1v) is 8.73. The molecule has 0 amide bonds. The van der Waals surface area contributed by atoms with Gasteiger partial charge in [0.15, 0.2) is 0 Å². The number of aliphatic hydroxyl groups excluding tert-OH is 1. The molecular weight excluding hydrogens is 294 g/mol. The fourth-order valence-electron chi connectivity index (χ4n) is 2.08. The Labute approximate surface area is 137 Å². The van der Waals surface area contributed by atoms with Crippen LogP contribution in [-0.2, 0) is 0 Å². The first-order chi connectivity index (χ1) is 10.6. The minimum atomic E-state index is -0.483. The number of ether oxygens (including phenoxy) is 1. The SMILES string of the molecule is CC(C)CCNCC(O)COc1ccc(-c2ccsc2)cc1. The molecule has 3 nitrogen and oxygen atoms in total. The Morgan fingerprint density at radius 2 is 1.91 bits per heavy atom. The smallest absolute Gasteiger partial charge is 0.119 e. The largest absolute Gasteiger partial charge is 0.491 e. The average Bonchev–Trinajstić information content (AvgIpc) is 3.04. The highest BCUT2D eigenvalue weighted by molar-refractivity contribution is 7.08. The van der Waals surface area contributed by atoms with Gasteiger partial charge in [-0.1, -0.05) is 26.0 Å². The zero-order valence-corrected chi connectivity index (χ0v) is 14.1. The summed E-state index contributed by atoms with van der Waals surface area (Å²) < 4.78 is 5.63. The highest BCUT2D eigenvalue weighted by atomic mass is 32.1.